The first kappa shape index (κ1) is 20.6. The number of guanidine groups is 1. The van der Waals surface area contributed by atoms with Crippen LogP contribution >= 0.6 is 35.6 Å². The van der Waals surface area contributed by atoms with E-state index in [1.54, 1.807) is 7.05 Å². The van der Waals surface area contributed by atoms with Crippen molar-refractivity contribution in [3.63, 3.8) is 0 Å². The number of nitrogens with zero attached hydrogens (tertiary/aromatic N) is 1. The predicted molar refractivity (Wildman–Crippen MR) is 116 cm³/mol. The van der Waals surface area contributed by atoms with Crippen LogP contribution in [0, 0.1) is 6.92 Å². The van der Waals surface area contributed by atoms with E-state index in [1.165, 1.54) is 11.1 Å². The summed E-state index contributed by atoms with van der Waals surface area (Å²) in [6.45, 7) is 4.45. The number of fused-ring (bicyclic) bond motifs is 1. The standard InChI is InChI=1S/C19H22ClN3O2.HI/c1-13-4-3-5-14(8-13)11-22-19(21-2)23-12-15-9-16(20)18-17(10-15)24-6-7-25-18;/h3-5,8-10H,6-7,11-12H2,1-2H3,(H2,21,22,23);1H. The van der Waals surface area contributed by atoms with Crippen molar-refractivity contribution < 1.29 is 9.47 Å². The van der Waals surface area contributed by atoms with E-state index in [2.05, 4.69) is 46.8 Å². The molecule has 0 aromatic heterocycles. The van der Waals surface area contributed by atoms with E-state index in [0.717, 1.165) is 11.5 Å². The number of benzene rings is 2. The van der Waals surface area contributed by atoms with Crippen molar-refractivity contribution >= 4 is 41.5 Å². The van der Waals surface area contributed by atoms with E-state index in [4.69, 9.17) is 21.1 Å². The molecule has 3 rings (SSSR count). The van der Waals surface area contributed by atoms with Gasteiger partial charge in [-0.1, -0.05) is 41.4 Å². The highest BCUT2D eigenvalue weighted by Gasteiger charge is 2.16. The van der Waals surface area contributed by atoms with Crippen molar-refractivity contribution in [3.05, 3.63) is 58.1 Å². The Hall–Kier alpha value is -1.67. The number of ether oxygens (including phenoxy) is 2. The van der Waals surface area contributed by atoms with Crippen molar-refractivity contribution in [2.24, 2.45) is 4.99 Å². The first-order valence-corrected chi connectivity index (χ1v) is 8.61. The Kier molecular flexibility index (Phi) is 7.84. The molecule has 0 atom stereocenters. The lowest BCUT2D eigenvalue weighted by Gasteiger charge is -2.20. The average molecular weight is 488 g/mol. The Morgan fingerprint density at radius 3 is 2.54 bits per heavy atom. The molecule has 140 valence electrons. The predicted octanol–water partition coefficient (Wildman–Crippen LogP) is 3.90. The molecular weight excluding hydrogens is 465 g/mol. The highest BCUT2D eigenvalue weighted by molar-refractivity contribution is 14.0. The number of rotatable bonds is 4. The Morgan fingerprint density at radius 2 is 1.81 bits per heavy atom. The van der Waals surface area contributed by atoms with Crippen LogP contribution in [-0.4, -0.2) is 26.2 Å². The fraction of sp³-hybridized carbons (Fsp3) is 0.316. The molecule has 5 nitrogen and oxygen atoms in total. The smallest absolute Gasteiger partial charge is 0.191 e. The van der Waals surface area contributed by atoms with Gasteiger partial charge in [-0.25, -0.2) is 0 Å². The second-order valence-electron chi connectivity index (χ2n) is 5.87. The summed E-state index contributed by atoms with van der Waals surface area (Å²) >= 11 is 6.27. The highest BCUT2D eigenvalue weighted by atomic mass is 127. The van der Waals surface area contributed by atoms with Crippen LogP contribution in [0.2, 0.25) is 5.02 Å². The van der Waals surface area contributed by atoms with Gasteiger partial charge in [-0.2, -0.15) is 0 Å². The van der Waals surface area contributed by atoms with Crippen molar-refractivity contribution in [1.82, 2.24) is 10.6 Å². The summed E-state index contributed by atoms with van der Waals surface area (Å²) in [5, 5.41) is 7.16. The molecule has 0 fully saturated rings. The molecular formula is C19H23ClIN3O2. The first-order chi connectivity index (χ1) is 12.2. The van der Waals surface area contributed by atoms with Crippen LogP contribution in [0.4, 0.5) is 0 Å². The molecule has 7 heteroatoms. The third-order valence-electron chi connectivity index (χ3n) is 3.88. The second-order valence-corrected chi connectivity index (χ2v) is 6.28. The van der Waals surface area contributed by atoms with Gasteiger partial charge in [0.15, 0.2) is 17.5 Å². The van der Waals surface area contributed by atoms with Crippen LogP contribution in [0.5, 0.6) is 11.5 Å². The van der Waals surface area contributed by atoms with Crippen LogP contribution < -0.4 is 20.1 Å². The van der Waals surface area contributed by atoms with Crippen molar-refractivity contribution in [2.45, 2.75) is 20.0 Å². The Labute approximate surface area is 176 Å². The maximum atomic E-state index is 6.27. The monoisotopic (exact) mass is 487 g/mol. The lowest BCUT2D eigenvalue weighted by molar-refractivity contribution is 0.171. The molecule has 0 unspecified atom stereocenters. The molecule has 0 saturated carbocycles. The van der Waals surface area contributed by atoms with Crippen molar-refractivity contribution in [3.8, 4) is 11.5 Å². The summed E-state index contributed by atoms with van der Waals surface area (Å²) in [6, 6.07) is 12.2. The zero-order valence-electron chi connectivity index (χ0n) is 14.8. The number of aliphatic imine (C=N–C) groups is 1. The maximum absolute atomic E-state index is 6.27. The molecule has 1 aliphatic rings. The maximum Gasteiger partial charge on any atom is 0.191 e. The second kappa shape index (κ2) is 9.87. The zero-order valence-corrected chi connectivity index (χ0v) is 17.9. The van der Waals surface area contributed by atoms with E-state index in [0.29, 0.717) is 42.8 Å². The molecule has 0 amide bonds. The SMILES string of the molecule is CN=C(NCc1cccc(C)c1)NCc1cc(Cl)c2c(c1)OCCO2.I. The van der Waals surface area contributed by atoms with Crippen LogP contribution in [0.3, 0.4) is 0 Å². The van der Waals surface area contributed by atoms with Crippen LogP contribution in [0.1, 0.15) is 16.7 Å². The van der Waals surface area contributed by atoms with E-state index < -0.39 is 0 Å². The van der Waals surface area contributed by atoms with Gasteiger partial charge < -0.3 is 20.1 Å². The van der Waals surface area contributed by atoms with Crippen molar-refractivity contribution in [1.29, 1.82) is 0 Å². The molecule has 0 radical (unpaired) electrons. The van der Waals surface area contributed by atoms with Crippen LogP contribution in [-0.2, 0) is 13.1 Å². The van der Waals surface area contributed by atoms with Gasteiger partial charge in [-0.15, -0.1) is 24.0 Å². The molecule has 0 aliphatic carbocycles. The minimum absolute atomic E-state index is 0. The number of halogens is 2. The van der Waals surface area contributed by atoms with E-state index in [-0.39, 0.29) is 24.0 Å². The normalized spacial score (nSPS) is 13.0. The highest BCUT2D eigenvalue weighted by Crippen LogP contribution is 2.38. The molecule has 0 bridgehead atoms. The van der Waals surface area contributed by atoms with E-state index in [1.807, 2.05) is 12.1 Å². The van der Waals surface area contributed by atoms with Crippen LogP contribution in [0.25, 0.3) is 0 Å². The molecule has 26 heavy (non-hydrogen) atoms. The fourth-order valence-corrected chi connectivity index (χ4v) is 2.97. The minimum atomic E-state index is 0. The largest absolute Gasteiger partial charge is 0.486 e. The zero-order chi connectivity index (χ0) is 17.6. The lowest BCUT2D eigenvalue weighted by Crippen LogP contribution is -2.36. The third-order valence-corrected chi connectivity index (χ3v) is 4.16. The quantitative estimate of drug-likeness (QED) is 0.390. The summed E-state index contributed by atoms with van der Waals surface area (Å²) < 4.78 is 11.2. The Bertz CT molecular complexity index is 783. The number of nitrogens with one attached hydrogen (secondary N) is 2. The minimum Gasteiger partial charge on any atom is -0.486 e. The molecule has 2 aromatic rings. The van der Waals surface area contributed by atoms with Gasteiger partial charge in [0.25, 0.3) is 0 Å². The molecule has 2 N–H and O–H groups in total. The number of hydrogen-bond donors (Lipinski definition) is 2. The third kappa shape index (κ3) is 5.41. The Morgan fingerprint density at radius 1 is 1.08 bits per heavy atom. The Balaban J connectivity index is 0.00000243. The number of aryl methyl sites for hydroxylation is 1. The lowest BCUT2D eigenvalue weighted by atomic mass is 10.1. The fourth-order valence-electron chi connectivity index (χ4n) is 2.68. The topological polar surface area (TPSA) is 54.9 Å². The summed E-state index contributed by atoms with van der Waals surface area (Å²) in [5.41, 5.74) is 3.46. The first-order valence-electron chi connectivity index (χ1n) is 8.24. The van der Waals surface area contributed by atoms with Gasteiger partial charge in [-0.05, 0) is 30.2 Å². The summed E-state index contributed by atoms with van der Waals surface area (Å²) in [5.74, 6) is 2.05. The van der Waals surface area contributed by atoms with E-state index >= 15 is 0 Å². The van der Waals surface area contributed by atoms with Gasteiger partial charge in [-0.3, -0.25) is 4.99 Å². The summed E-state index contributed by atoms with van der Waals surface area (Å²) in [6.07, 6.45) is 0. The van der Waals surface area contributed by atoms with Crippen LogP contribution in [0.15, 0.2) is 41.4 Å². The molecule has 1 heterocycles. The van der Waals surface area contributed by atoms with Gasteiger partial charge in [0.1, 0.15) is 13.2 Å². The van der Waals surface area contributed by atoms with Crippen molar-refractivity contribution in [2.75, 3.05) is 20.3 Å². The number of hydrogen-bond acceptors (Lipinski definition) is 3. The van der Waals surface area contributed by atoms with Gasteiger partial charge in [0.2, 0.25) is 0 Å². The molecule has 1 aliphatic heterocycles. The summed E-state index contributed by atoms with van der Waals surface area (Å²) in [4.78, 5) is 4.26. The molecule has 2 aromatic carbocycles. The van der Waals surface area contributed by atoms with Gasteiger partial charge in [0.05, 0.1) is 5.02 Å². The van der Waals surface area contributed by atoms with Gasteiger partial charge >= 0.3 is 0 Å². The van der Waals surface area contributed by atoms with E-state index in [9.17, 15) is 0 Å². The molecule has 0 spiro atoms. The molecule has 0 saturated heterocycles. The van der Waals surface area contributed by atoms with Gasteiger partial charge in [0, 0.05) is 20.1 Å². The summed E-state index contributed by atoms with van der Waals surface area (Å²) in [7, 11) is 1.75. The average Bonchev–Trinajstić information content (AvgIpc) is 2.62.